The number of methoxy groups -OCH3 is 1. The number of halogens is 2. The van der Waals surface area contributed by atoms with Crippen LogP contribution in [0.15, 0.2) is 109 Å². The van der Waals surface area contributed by atoms with Crippen molar-refractivity contribution >= 4 is 62.7 Å². The van der Waals surface area contributed by atoms with Gasteiger partial charge in [0, 0.05) is 15.7 Å². The average molecular weight is 664 g/mol. The maximum Gasteiger partial charge on any atom is 0.267 e. The SMILES string of the molecule is COc1ccc(/C=N/N=C2\S/C(=C\c3cc(Br)ccc3OCC(=O)Nc3ccc(F)cc3)C(=O)N2Cc2ccco2)cc1. The number of nitrogens with one attached hydrogen (secondary N) is 1. The van der Waals surface area contributed by atoms with Crippen LogP contribution in [0.4, 0.5) is 10.1 Å². The molecule has 1 N–H and O–H groups in total. The second kappa shape index (κ2) is 14.0. The van der Waals surface area contributed by atoms with E-state index in [4.69, 9.17) is 13.9 Å². The number of anilines is 1. The van der Waals surface area contributed by atoms with Crippen molar-refractivity contribution < 1.29 is 27.9 Å². The quantitative estimate of drug-likeness (QED) is 0.115. The molecule has 0 atom stereocenters. The Bertz CT molecular complexity index is 1690. The van der Waals surface area contributed by atoms with E-state index in [1.165, 1.54) is 35.4 Å². The van der Waals surface area contributed by atoms with Gasteiger partial charge in [-0.25, -0.2) is 4.39 Å². The highest BCUT2D eigenvalue weighted by molar-refractivity contribution is 9.10. The Morgan fingerprint density at radius 1 is 1.12 bits per heavy atom. The van der Waals surface area contributed by atoms with E-state index >= 15 is 0 Å². The third-order valence-corrected chi connectivity index (χ3v) is 7.48. The number of hydrogen-bond donors (Lipinski definition) is 1. The van der Waals surface area contributed by atoms with Crippen molar-refractivity contribution in [1.29, 1.82) is 0 Å². The summed E-state index contributed by atoms with van der Waals surface area (Å²) in [7, 11) is 1.60. The van der Waals surface area contributed by atoms with Crippen LogP contribution in [0.2, 0.25) is 0 Å². The molecule has 3 aromatic carbocycles. The van der Waals surface area contributed by atoms with Crippen LogP contribution in [0.25, 0.3) is 6.08 Å². The highest BCUT2D eigenvalue weighted by atomic mass is 79.9. The molecule has 9 nitrogen and oxygen atoms in total. The lowest BCUT2D eigenvalue weighted by Gasteiger charge is -2.13. The molecule has 1 saturated heterocycles. The molecule has 2 heterocycles. The molecule has 12 heteroatoms. The Hall–Kier alpha value is -4.68. The standard InChI is InChI=1S/C31H24BrFN4O5S/c1-40-25-11-4-20(5-12-25)17-34-36-31-37(18-26-3-2-14-41-26)30(39)28(43-31)16-21-15-22(32)6-13-27(21)42-19-29(38)35-24-9-7-23(33)8-10-24/h2-17H,18-19H2,1H3,(H,35,38)/b28-16-,34-17+,36-31-. The van der Waals surface area contributed by atoms with E-state index in [1.807, 2.05) is 24.3 Å². The van der Waals surface area contributed by atoms with Gasteiger partial charge in [-0.3, -0.25) is 14.5 Å². The van der Waals surface area contributed by atoms with Gasteiger partial charge in [-0.05, 0) is 102 Å². The van der Waals surface area contributed by atoms with Gasteiger partial charge in [0.05, 0.1) is 31.0 Å². The minimum atomic E-state index is -0.423. The van der Waals surface area contributed by atoms with Gasteiger partial charge in [0.2, 0.25) is 0 Å². The van der Waals surface area contributed by atoms with E-state index in [2.05, 4.69) is 31.4 Å². The number of carbonyl (C=O) groups is 2. The number of carbonyl (C=O) groups excluding carboxylic acids is 2. The van der Waals surface area contributed by atoms with E-state index in [0.29, 0.717) is 32.8 Å². The first-order chi connectivity index (χ1) is 20.9. The van der Waals surface area contributed by atoms with Gasteiger partial charge in [-0.2, -0.15) is 5.10 Å². The van der Waals surface area contributed by atoms with E-state index in [0.717, 1.165) is 27.5 Å². The van der Waals surface area contributed by atoms with Crippen LogP contribution >= 0.6 is 27.7 Å². The van der Waals surface area contributed by atoms with E-state index in [9.17, 15) is 14.0 Å². The molecule has 0 spiro atoms. The maximum atomic E-state index is 13.5. The highest BCUT2D eigenvalue weighted by Crippen LogP contribution is 2.36. The first-order valence-electron chi connectivity index (χ1n) is 12.8. The minimum absolute atomic E-state index is 0.165. The van der Waals surface area contributed by atoms with Crippen molar-refractivity contribution in [1.82, 2.24) is 4.90 Å². The Morgan fingerprint density at radius 3 is 2.63 bits per heavy atom. The molecule has 1 aromatic heterocycles. The van der Waals surface area contributed by atoms with Crippen molar-refractivity contribution in [3.05, 3.63) is 117 Å². The third-order valence-electron chi connectivity index (χ3n) is 5.99. The molecular formula is C31H24BrFN4O5S. The molecule has 4 aromatic rings. The first kappa shape index (κ1) is 29.8. The molecule has 218 valence electrons. The van der Waals surface area contributed by atoms with Crippen molar-refractivity contribution in [3.63, 3.8) is 0 Å². The number of amidine groups is 1. The molecule has 0 unspecified atom stereocenters. The van der Waals surface area contributed by atoms with Crippen LogP contribution in [-0.4, -0.2) is 41.8 Å². The number of amides is 2. The van der Waals surface area contributed by atoms with Crippen molar-refractivity contribution in [2.24, 2.45) is 10.2 Å². The van der Waals surface area contributed by atoms with Crippen LogP contribution in [-0.2, 0) is 16.1 Å². The molecular weight excluding hydrogens is 639 g/mol. The Labute approximate surface area is 259 Å². The summed E-state index contributed by atoms with van der Waals surface area (Å²) in [4.78, 5) is 27.9. The maximum absolute atomic E-state index is 13.5. The average Bonchev–Trinajstić information content (AvgIpc) is 3.63. The fraction of sp³-hybridized carbons (Fsp3) is 0.0968. The van der Waals surface area contributed by atoms with Gasteiger partial charge in [-0.1, -0.05) is 15.9 Å². The number of hydrogen-bond acceptors (Lipinski definition) is 8. The van der Waals surface area contributed by atoms with Gasteiger partial charge in [0.15, 0.2) is 11.8 Å². The summed E-state index contributed by atoms with van der Waals surface area (Å²) in [6.45, 7) is -0.133. The highest BCUT2D eigenvalue weighted by Gasteiger charge is 2.34. The lowest BCUT2D eigenvalue weighted by molar-refractivity contribution is -0.122. The van der Waals surface area contributed by atoms with Gasteiger partial charge < -0.3 is 19.2 Å². The second-order valence-electron chi connectivity index (χ2n) is 9.01. The number of thioether (sulfide) groups is 1. The molecule has 1 aliphatic heterocycles. The van der Waals surface area contributed by atoms with E-state index < -0.39 is 11.7 Å². The van der Waals surface area contributed by atoms with Crippen LogP contribution in [0, 0.1) is 5.82 Å². The molecule has 0 radical (unpaired) electrons. The van der Waals surface area contributed by atoms with Crippen LogP contribution in [0.1, 0.15) is 16.9 Å². The number of benzene rings is 3. The Balaban J connectivity index is 1.36. The normalized spacial score (nSPS) is 15.0. The molecule has 0 aliphatic carbocycles. The summed E-state index contributed by atoms with van der Waals surface area (Å²) in [6, 6.07) is 21.5. The Morgan fingerprint density at radius 2 is 1.91 bits per heavy atom. The zero-order valence-electron chi connectivity index (χ0n) is 22.7. The van der Waals surface area contributed by atoms with Gasteiger partial charge >= 0.3 is 0 Å². The molecule has 5 rings (SSSR count). The fourth-order valence-electron chi connectivity index (χ4n) is 3.89. The number of ether oxygens (including phenoxy) is 2. The number of furan rings is 1. The van der Waals surface area contributed by atoms with Crippen LogP contribution in [0.3, 0.4) is 0 Å². The monoisotopic (exact) mass is 662 g/mol. The third kappa shape index (κ3) is 7.99. The lowest BCUT2D eigenvalue weighted by atomic mass is 10.2. The largest absolute Gasteiger partial charge is 0.497 e. The van der Waals surface area contributed by atoms with Gasteiger partial charge in [0.25, 0.3) is 11.8 Å². The van der Waals surface area contributed by atoms with Crippen molar-refractivity contribution in [3.8, 4) is 11.5 Å². The number of nitrogens with zero attached hydrogens (tertiary/aromatic N) is 3. The summed E-state index contributed by atoms with van der Waals surface area (Å²) in [5, 5.41) is 11.6. The minimum Gasteiger partial charge on any atom is -0.497 e. The molecule has 0 bridgehead atoms. The second-order valence-corrected chi connectivity index (χ2v) is 10.9. The summed E-state index contributed by atoms with van der Waals surface area (Å²) in [6.07, 6.45) is 4.80. The summed E-state index contributed by atoms with van der Waals surface area (Å²) < 4.78 is 30.4. The van der Waals surface area contributed by atoms with E-state index in [-0.39, 0.29) is 19.1 Å². The predicted octanol–water partition coefficient (Wildman–Crippen LogP) is 6.71. The smallest absolute Gasteiger partial charge is 0.267 e. The summed E-state index contributed by atoms with van der Waals surface area (Å²) >= 11 is 4.62. The van der Waals surface area contributed by atoms with Gasteiger partial charge in [0.1, 0.15) is 23.1 Å². The topological polar surface area (TPSA) is 106 Å². The van der Waals surface area contributed by atoms with Crippen LogP contribution in [0.5, 0.6) is 11.5 Å². The first-order valence-corrected chi connectivity index (χ1v) is 14.5. The summed E-state index contributed by atoms with van der Waals surface area (Å²) in [5.41, 5.74) is 1.83. The number of rotatable bonds is 10. The predicted molar refractivity (Wildman–Crippen MR) is 168 cm³/mol. The molecule has 43 heavy (non-hydrogen) atoms. The Kier molecular flexibility index (Phi) is 9.70. The van der Waals surface area contributed by atoms with Crippen LogP contribution < -0.4 is 14.8 Å². The molecule has 1 aliphatic rings. The molecule has 2 amide bonds. The van der Waals surface area contributed by atoms with Gasteiger partial charge in [-0.15, -0.1) is 5.10 Å². The molecule has 0 saturated carbocycles. The zero-order chi connectivity index (χ0) is 30.2. The van der Waals surface area contributed by atoms with Crippen molar-refractivity contribution in [2.45, 2.75) is 6.54 Å². The summed E-state index contributed by atoms with van der Waals surface area (Å²) in [5.74, 6) is 0.581. The van der Waals surface area contributed by atoms with Crippen molar-refractivity contribution in [2.75, 3.05) is 19.0 Å². The van der Waals surface area contributed by atoms with E-state index in [1.54, 1.807) is 49.7 Å². The zero-order valence-corrected chi connectivity index (χ0v) is 25.1. The molecule has 1 fully saturated rings. The fourth-order valence-corrected chi connectivity index (χ4v) is 5.20. The lowest BCUT2D eigenvalue weighted by Crippen LogP contribution is -2.28.